The standard InChI is InChI=1S/C13H19N3O4/c1-8-6-15(12(19)20-13(2,3)4)7-10-14-5-9(11(17)18)16(8)10/h5,8H,6-7H2,1-4H3,(H,17,18)/t8-/m0/s1. The third kappa shape index (κ3) is 2.76. The van der Waals surface area contributed by atoms with E-state index in [1.54, 1.807) is 9.47 Å². The number of aromatic nitrogens is 2. The molecule has 2 heterocycles. The largest absolute Gasteiger partial charge is 0.477 e. The molecule has 1 aliphatic heterocycles. The van der Waals surface area contributed by atoms with E-state index in [1.165, 1.54) is 6.20 Å². The minimum Gasteiger partial charge on any atom is -0.477 e. The van der Waals surface area contributed by atoms with Gasteiger partial charge in [0.05, 0.1) is 18.8 Å². The fourth-order valence-electron chi connectivity index (χ4n) is 2.27. The summed E-state index contributed by atoms with van der Waals surface area (Å²) < 4.78 is 6.98. The monoisotopic (exact) mass is 281 g/mol. The van der Waals surface area contributed by atoms with Gasteiger partial charge < -0.3 is 14.4 Å². The van der Waals surface area contributed by atoms with E-state index in [1.807, 2.05) is 27.7 Å². The summed E-state index contributed by atoms with van der Waals surface area (Å²) in [5.41, 5.74) is -0.407. The molecule has 20 heavy (non-hydrogen) atoms. The molecule has 7 nitrogen and oxygen atoms in total. The smallest absolute Gasteiger partial charge is 0.410 e. The Morgan fingerprint density at radius 1 is 1.45 bits per heavy atom. The number of carbonyl (C=O) groups is 2. The minimum absolute atomic E-state index is 0.149. The quantitative estimate of drug-likeness (QED) is 0.849. The van der Waals surface area contributed by atoms with Crippen molar-refractivity contribution in [2.45, 2.75) is 45.9 Å². The van der Waals surface area contributed by atoms with Crippen LogP contribution in [0.4, 0.5) is 4.79 Å². The lowest BCUT2D eigenvalue weighted by Crippen LogP contribution is -2.43. The molecule has 1 aromatic rings. The maximum absolute atomic E-state index is 12.1. The van der Waals surface area contributed by atoms with Gasteiger partial charge in [0.15, 0.2) is 0 Å². The van der Waals surface area contributed by atoms with Gasteiger partial charge in [0.1, 0.15) is 17.1 Å². The van der Waals surface area contributed by atoms with Gasteiger partial charge in [0.2, 0.25) is 0 Å². The van der Waals surface area contributed by atoms with E-state index in [2.05, 4.69) is 4.98 Å². The third-order valence-electron chi connectivity index (χ3n) is 3.00. The summed E-state index contributed by atoms with van der Waals surface area (Å²) >= 11 is 0. The normalized spacial score (nSPS) is 18.6. The molecule has 0 saturated heterocycles. The molecular weight excluding hydrogens is 262 g/mol. The summed E-state index contributed by atoms with van der Waals surface area (Å²) in [5, 5.41) is 9.11. The van der Waals surface area contributed by atoms with E-state index in [-0.39, 0.29) is 18.3 Å². The molecule has 0 fully saturated rings. The number of aromatic carboxylic acids is 1. The van der Waals surface area contributed by atoms with Crippen molar-refractivity contribution < 1.29 is 19.4 Å². The number of amides is 1. The van der Waals surface area contributed by atoms with Crippen LogP contribution in [-0.2, 0) is 11.3 Å². The molecule has 0 aliphatic carbocycles. The van der Waals surface area contributed by atoms with E-state index in [9.17, 15) is 9.59 Å². The van der Waals surface area contributed by atoms with Crippen LogP contribution in [0.3, 0.4) is 0 Å². The highest BCUT2D eigenvalue weighted by Crippen LogP contribution is 2.24. The van der Waals surface area contributed by atoms with Crippen LogP contribution >= 0.6 is 0 Å². The highest BCUT2D eigenvalue weighted by Gasteiger charge is 2.32. The van der Waals surface area contributed by atoms with Crippen molar-refractivity contribution in [3.63, 3.8) is 0 Å². The van der Waals surface area contributed by atoms with Crippen LogP contribution in [0.15, 0.2) is 6.20 Å². The van der Waals surface area contributed by atoms with Gasteiger partial charge in [0, 0.05) is 6.54 Å². The Bertz CT molecular complexity index is 544. The molecule has 0 unspecified atom stereocenters. The first-order valence-corrected chi connectivity index (χ1v) is 6.46. The number of rotatable bonds is 1. The van der Waals surface area contributed by atoms with Gasteiger partial charge in [-0.25, -0.2) is 14.6 Å². The van der Waals surface area contributed by atoms with Crippen LogP contribution in [0.5, 0.6) is 0 Å². The van der Waals surface area contributed by atoms with Crippen LogP contribution in [-0.4, -0.2) is 43.8 Å². The molecular formula is C13H19N3O4. The first kappa shape index (κ1) is 14.4. The second-order valence-electron chi connectivity index (χ2n) is 5.94. The van der Waals surface area contributed by atoms with Crippen LogP contribution in [0.2, 0.25) is 0 Å². The maximum atomic E-state index is 12.1. The first-order chi connectivity index (χ1) is 9.19. The van der Waals surface area contributed by atoms with E-state index in [0.29, 0.717) is 12.4 Å². The number of hydrogen-bond donors (Lipinski definition) is 1. The Labute approximate surface area is 117 Å². The Kier molecular flexibility index (Phi) is 3.45. The molecule has 1 N–H and O–H groups in total. The number of ether oxygens (including phenoxy) is 1. The molecule has 7 heteroatoms. The average Bonchev–Trinajstić information content (AvgIpc) is 2.70. The molecule has 1 aliphatic rings. The van der Waals surface area contributed by atoms with Gasteiger partial charge in [-0.1, -0.05) is 0 Å². The average molecular weight is 281 g/mol. The molecule has 0 saturated carbocycles. The van der Waals surface area contributed by atoms with Crippen LogP contribution in [0, 0.1) is 0 Å². The molecule has 1 aromatic heterocycles. The minimum atomic E-state index is -1.01. The second kappa shape index (κ2) is 4.81. The van der Waals surface area contributed by atoms with Gasteiger partial charge >= 0.3 is 12.1 Å². The summed E-state index contributed by atoms with van der Waals surface area (Å²) in [5.74, 6) is -0.451. The lowest BCUT2D eigenvalue weighted by molar-refractivity contribution is 0.0168. The van der Waals surface area contributed by atoms with Gasteiger partial charge in [-0.3, -0.25) is 4.90 Å². The fraction of sp³-hybridized carbons (Fsp3) is 0.615. The summed E-state index contributed by atoms with van der Waals surface area (Å²) in [6.45, 7) is 7.94. The fourth-order valence-corrected chi connectivity index (χ4v) is 2.27. The van der Waals surface area contributed by atoms with Crippen molar-refractivity contribution in [3.05, 3.63) is 17.7 Å². The molecule has 0 radical (unpaired) electrons. The maximum Gasteiger partial charge on any atom is 0.410 e. The van der Waals surface area contributed by atoms with Gasteiger partial charge in [-0.05, 0) is 27.7 Å². The molecule has 0 aromatic carbocycles. The zero-order valence-corrected chi connectivity index (χ0v) is 12.1. The predicted octanol–water partition coefficient (Wildman–Crippen LogP) is 1.89. The van der Waals surface area contributed by atoms with Crippen LogP contribution in [0.1, 0.15) is 50.0 Å². The lowest BCUT2D eigenvalue weighted by atomic mass is 10.2. The van der Waals surface area contributed by atoms with Crippen molar-refractivity contribution in [2.75, 3.05) is 6.54 Å². The second-order valence-corrected chi connectivity index (χ2v) is 5.94. The number of imidazole rings is 1. The Morgan fingerprint density at radius 3 is 2.65 bits per heavy atom. The van der Waals surface area contributed by atoms with E-state index < -0.39 is 17.7 Å². The number of nitrogens with zero attached hydrogens (tertiary/aromatic N) is 3. The van der Waals surface area contributed by atoms with Crippen molar-refractivity contribution >= 4 is 12.1 Å². The molecule has 1 amide bonds. The zero-order chi connectivity index (χ0) is 15.1. The van der Waals surface area contributed by atoms with E-state index >= 15 is 0 Å². The highest BCUT2D eigenvalue weighted by molar-refractivity contribution is 5.85. The Balaban J connectivity index is 2.20. The zero-order valence-electron chi connectivity index (χ0n) is 12.1. The van der Waals surface area contributed by atoms with Crippen LogP contribution < -0.4 is 0 Å². The predicted molar refractivity (Wildman–Crippen MR) is 70.5 cm³/mol. The number of carbonyl (C=O) groups excluding carboxylic acids is 1. The number of carboxylic acids is 1. The van der Waals surface area contributed by atoms with E-state index in [4.69, 9.17) is 9.84 Å². The van der Waals surface area contributed by atoms with Gasteiger partial charge in [-0.2, -0.15) is 0 Å². The molecule has 0 bridgehead atoms. The SMILES string of the molecule is C[C@H]1CN(C(=O)OC(C)(C)C)Cc2ncc(C(=O)O)n21. The first-order valence-electron chi connectivity index (χ1n) is 6.46. The summed E-state index contributed by atoms with van der Waals surface area (Å²) in [4.78, 5) is 28.8. The summed E-state index contributed by atoms with van der Waals surface area (Å²) in [6.07, 6.45) is 0.919. The summed E-state index contributed by atoms with van der Waals surface area (Å²) in [6, 6.07) is -0.153. The van der Waals surface area contributed by atoms with Gasteiger partial charge in [-0.15, -0.1) is 0 Å². The topological polar surface area (TPSA) is 84.7 Å². The number of carboxylic acid groups (broad SMARTS) is 1. The number of hydrogen-bond acceptors (Lipinski definition) is 4. The number of fused-ring (bicyclic) bond motifs is 1. The Morgan fingerprint density at radius 2 is 2.10 bits per heavy atom. The molecule has 110 valence electrons. The third-order valence-corrected chi connectivity index (χ3v) is 3.00. The van der Waals surface area contributed by atoms with Crippen LogP contribution in [0.25, 0.3) is 0 Å². The lowest BCUT2D eigenvalue weighted by Gasteiger charge is -2.34. The summed E-state index contributed by atoms with van der Waals surface area (Å²) in [7, 11) is 0. The molecule has 2 rings (SSSR count). The highest BCUT2D eigenvalue weighted by atomic mass is 16.6. The van der Waals surface area contributed by atoms with Crippen molar-refractivity contribution in [1.82, 2.24) is 14.5 Å². The van der Waals surface area contributed by atoms with Crippen molar-refractivity contribution in [3.8, 4) is 0 Å². The van der Waals surface area contributed by atoms with Crippen molar-refractivity contribution in [2.24, 2.45) is 0 Å². The van der Waals surface area contributed by atoms with E-state index in [0.717, 1.165) is 0 Å². The molecule has 1 atom stereocenters. The molecule has 0 spiro atoms. The van der Waals surface area contributed by atoms with Gasteiger partial charge in [0.25, 0.3) is 0 Å². The Hall–Kier alpha value is -2.05. The van der Waals surface area contributed by atoms with Crippen molar-refractivity contribution in [1.29, 1.82) is 0 Å².